The molecule has 0 aliphatic rings. The van der Waals surface area contributed by atoms with Gasteiger partial charge in [-0.2, -0.15) is 0 Å². The smallest absolute Gasteiger partial charge is 0.142 e. The highest BCUT2D eigenvalue weighted by atomic mass is 35.5. The molecule has 3 N–H and O–H groups in total. The van der Waals surface area contributed by atoms with Crippen molar-refractivity contribution in [3.63, 3.8) is 0 Å². The van der Waals surface area contributed by atoms with Crippen molar-refractivity contribution in [2.75, 3.05) is 6.61 Å². The Bertz CT molecular complexity index is 369. The summed E-state index contributed by atoms with van der Waals surface area (Å²) < 4.78 is 5.30. The topological polar surface area (TPSA) is 67.8 Å². The van der Waals surface area contributed by atoms with Gasteiger partial charge in [-0.25, -0.2) is 0 Å². The first kappa shape index (κ1) is 11.9. The van der Waals surface area contributed by atoms with Gasteiger partial charge < -0.3 is 15.7 Å². The van der Waals surface area contributed by atoms with Crippen LogP contribution in [0.5, 0.6) is 5.75 Å². The fourth-order valence-corrected chi connectivity index (χ4v) is 1.26. The zero-order valence-electron chi connectivity index (χ0n) is 7.78. The van der Waals surface area contributed by atoms with Crippen LogP contribution in [0.15, 0.2) is 23.4 Å². The fourth-order valence-electron chi connectivity index (χ4n) is 0.911. The lowest BCUT2D eigenvalue weighted by Gasteiger charge is -2.07. The van der Waals surface area contributed by atoms with Crippen molar-refractivity contribution in [2.45, 2.75) is 6.42 Å². The van der Waals surface area contributed by atoms with E-state index in [2.05, 4.69) is 5.16 Å². The summed E-state index contributed by atoms with van der Waals surface area (Å²) in [5, 5.41) is 11.9. The zero-order chi connectivity index (χ0) is 11.3. The molecule has 6 heteroatoms. The van der Waals surface area contributed by atoms with Gasteiger partial charge in [0.1, 0.15) is 16.6 Å². The van der Waals surface area contributed by atoms with Crippen molar-refractivity contribution >= 4 is 29.0 Å². The van der Waals surface area contributed by atoms with E-state index >= 15 is 0 Å². The summed E-state index contributed by atoms with van der Waals surface area (Å²) >= 11 is 11.7. The van der Waals surface area contributed by atoms with E-state index in [0.717, 1.165) is 0 Å². The van der Waals surface area contributed by atoms with Gasteiger partial charge in [0.05, 0.1) is 11.6 Å². The monoisotopic (exact) mass is 248 g/mol. The lowest BCUT2D eigenvalue weighted by Crippen LogP contribution is -2.15. The van der Waals surface area contributed by atoms with Crippen LogP contribution in [0, 0.1) is 0 Å². The average Bonchev–Trinajstić information content (AvgIpc) is 2.24. The number of rotatable bonds is 4. The van der Waals surface area contributed by atoms with Crippen LogP contribution in [0.4, 0.5) is 0 Å². The maximum atomic E-state index is 8.29. The van der Waals surface area contributed by atoms with Crippen LogP contribution in [0.25, 0.3) is 0 Å². The lowest BCUT2D eigenvalue weighted by molar-refractivity contribution is 0.305. The summed E-state index contributed by atoms with van der Waals surface area (Å²) in [6.07, 6.45) is 0.319. The molecule has 0 aromatic heterocycles. The second-order valence-corrected chi connectivity index (χ2v) is 3.53. The van der Waals surface area contributed by atoms with Crippen LogP contribution in [0.1, 0.15) is 6.42 Å². The molecule has 0 bridgehead atoms. The van der Waals surface area contributed by atoms with E-state index in [-0.39, 0.29) is 12.4 Å². The van der Waals surface area contributed by atoms with Crippen molar-refractivity contribution in [1.82, 2.24) is 0 Å². The number of hydrogen-bond donors (Lipinski definition) is 2. The highest BCUT2D eigenvalue weighted by Gasteiger charge is 2.05. The van der Waals surface area contributed by atoms with Crippen molar-refractivity contribution < 1.29 is 9.94 Å². The van der Waals surface area contributed by atoms with Crippen LogP contribution in [0.3, 0.4) is 0 Å². The molecule has 0 radical (unpaired) electrons. The van der Waals surface area contributed by atoms with Crippen LogP contribution in [-0.2, 0) is 0 Å². The Hall–Kier alpha value is -1.13. The predicted octanol–water partition coefficient (Wildman–Crippen LogP) is 2.51. The van der Waals surface area contributed by atoms with E-state index in [9.17, 15) is 0 Å². The largest absolute Gasteiger partial charge is 0.492 e. The Morgan fingerprint density at radius 1 is 1.47 bits per heavy atom. The van der Waals surface area contributed by atoms with Crippen LogP contribution in [-0.4, -0.2) is 17.6 Å². The molecule has 0 spiro atoms. The molecule has 15 heavy (non-hydrogen) atoms. The summed E-state index contributed by atoms with van der Waals surface area (Å²) in [5.74, 6) is 0.586. The van der Waals surface area contributed by atoms with E-state index in [0.29, 0.717) is 22.2 Å². The van der Waals surface area contributed by atoms with E-state index in [1.54, 1.807) is 18.2 Å². The van der Waals surface area contributed by atoms with Crippen LogP contribution >= 0.6 is 23.2 Å². The number of hydrogen-bond acceptors (Lipinski definition) is 3. The predicted molar refractivity (Wildman–Crippen MR) is 60.0 cm³/mol. The molecule has 0 atom stereocenters. The van der Waals surface area contributed by atoms with Crippen LogP contribution in [0.2, 0.25) is 10.0 Å². The summed E-state index contributed by atoms with van der Waals surface area (Å²) in [6, 6.07) is 5.09. The molecule has 1 aromatic rings. The van der Waals surface area contributed by atoms with Gasteiger partial charge in [-0.15, -0.1) is 0 Å². The van der Waals surface area contributed by atoms with Gasteiger partial charge in [0, 0.05) is 6.42 Å². The molecule has 0 saturated heterocycles. The first-order chi connectivity index (χ1) is 7.15. The van der Waals surface area contributed by atoms with Crippen LogP contribution < -0.4 is 10.5 Å². The SMILES string of the molecule is N/C(CCOc1cccc(Cl)c1Cl)=N\O. The Morgan fingerprint density at radius 3 is 2.87 bits per heavy atom. The fraction of sp³-hybridized carbons (Fsp3) is 0.222. The first-order valence-electron chi connectivity index (χ1n) is 4.18. The summed E-state index contributed by atoms with van der Waals surface area (Å²) in [4.78, 5) is 0. The standard InChI is InChI=1S/C9H10Cl2N2O2/c10-6-2-1-3-7(9(6)11)15-5-4-8(12)13-14/h1-3,14H,4-5H2,(H2,12,13). The molecule has 0 saturated carbocycles. The van der Waals surface area contributed by atoms with Crippen molar-refractivity contribution in [3.05, 3.63) is 28.2 Å². The van der Waals surface area contributed by atoms with Crippen molar-refractivity contribution in [3.8, 4) is 5.75 Å². The molecule has 82 valence electrons. The molecule has 0 amide bonds. The number of benzene rings is 1. The summed E-state index contributed by atoms with van der Waals surface area (Å²) in [6.45, 7) is 0.274. The first-order valence-corrected chi connectivity index (χ1v) is 4.94. The molecule has 1 rings (SSSR count). The molecule has 0 unspecified atom stereocenters. The van der Waals surface area contributed by atoms with Gasteiger partial charge >= 0.3 is 0 Å². The number of amidine groups is 1. The molecule has 0 aliphatic heterocycles. The third-order valence-corrected chi connectivity index (χ3v) is 2.46. The van der Waals surface area contributed by atoms with Crippen molar-refractivity contribution in [2.24, 2.45) is 10.9 Å². The Morgan fingerprint density at radius 2 is 2.20 bits per heavy atom. The van der Waals surface area contributed by atoms with Gasteiger partial charge in [-0.1, -0.05) is 34.4 Å². The third-order valence-electron chi connectivity index (χ3n) is 1.66. The minimum Gasteiger partial charge on any atom is -0.492 e. The maximum Gasteiger partial charge on any atom is 0.142 e. The third kappa shape index (κ3) is 3.49. The molecule has 1 aromatic carbocycles. The number of halogens is 2. The Balaban J connectivity index is 2.55. The van der Waals surface area contributed by atoms with E-state index < -0.39 is 0 Å². The van der Waals surface area contributed by atoms with Crippen molar-refractivity contribution in [1.29, 1.82) is 0 Å². The second-order valence-electron chi connectivity index (χ2n) is 2.74. The Labute approximate surface area is 97.2 Å². The Kier molecular flexibility index (Phi) is 4.52. The molecule has 0 fully saturated rings. The molecular formula is C9H10Cl2N2O2. The van der Waals surface area contributed by atoms with Gasteiger partial charge in [-0.3, -0.25) is 0 Å². The van der Waals surface area contributed by atoms with E-state index in [1.165, 1.54) is 0 Å². The minimum absolute atomic E-state index is 0.105. The van der Waals surface area contributed by atoms with E-state index in [1.807, 2.05) is 0 Å². The number of nitrogens with two attached hydrogens (primary N) is 1. The second kappa shape index (κ2) is 5.68. The molecule has 4 nitrogen and oxygen atoms in total. The van der Waals surface area contributed by atoms with Gasteiger partial charge in [0.25, 0.3) is 0 Å². The number of oxime groups is 1. The highest BCUT2D eigenvalue weighted by molar-refractivity contribution is 6.42. The van der Waals surface area contributed by atoms with Gasteiger partial charge in [-0.05, 0) is 12.1 Å². The molecule has 0 aliphatic carbocycles. The zero-order valence-corrected chi connectivity index (χ0v) is 9.29. The average molecular weight is 249 g/mol. The van der Waals surface area contributed by atoms with E-state index in [4.69, 9.17) is 38.9 Å². The maximum absolute atomic E-state index is 8.29. The molecular weight excluding hydrogens is 239 g/mol. The molecule has 0 heterocycles. The van der Waals surface area contributed by atoms with Gasteiger partial charge in [0.2, 0.25) is 0 Å². The number of nitrogens with zero attached hydrogens (tertiary/aromatic N) is 1. The summed E-state index contributed by atoms with van der Waals surface area (Å²) in [5.41, 5.74) is 5.27. The number of ether oxygens (including phenoxy) is 1. The minimum atomic E-state index is 0.105. The normalized spacial score (nSPS) is 11.5. The quantitative estimate of drug-likeness (QED) is 0.373. The van der Waals surface area contributed by atoms with Gasteiger partial charge in [0.15, 0.2) is 0 Å². The lowest BCUT2D eigenvalue weighted by atomic mass is 10.3. The summed E-state index contributed by atoms with van der Waals surface area (Å²) in [7, 11) is 0. The highest BCUT2D eigenvalue weighted by Crippen LogP contribution is 2.31.